The van der Waals surface area contributed by atoms with E-state index in [1.54, 1.807) is 0 Å². The number of aliphatic hydroxyl groups excluding tert-OH is 2. The van der Waals surface area contributed by atoms with E-state index >= 15 is 0 Å². The summed E-state index contributed by atoms with van der Waals surface area (Å²) in [5.74, 6) is -1.64. The molecule has 0 aromatic carbocycles. The van der Waals surface area contributed by atoms with Crippen LogP contribution in [0.15, 0.2) is 194 Å². The molecule has 0 bridgehead atoms. The molecule has 113 heavy (non-hydrogen) atoms. The first-order valence-corrected chi connectivity index (χ1v) is 46.7. The van der Waals surface area contributed by atoms with Crippen molar-refractivity contribution in [1.82, 2.24) is 0 Å². The molecule has 0 aliphatic rings. The highest BCUT2D eigenvalue weighted by Crippen LogP contribution is 2.45. The third-order valence-electron chi connectivity index (χ3n) is 17.8. The average Bonchev–Trinajstić information content (AvgIpc) is 0.900. The molecule has 0 saturated heterocycles. The number of rotatable bonds is 81. The second-order valence-corrected chi connectivity index (χ2v) is 31.5. The SMILES string of the molecule is CC/C=C\C/C=C\C/C=C\C/C=C\C/C=C\C/C=C\CCCCCCCCCCCCCCC(=O)OCC(O)COP(=O)(O)OCC(O)COP(=O)(O)OCC(COC(=O)CCCCCCCCCCC/C=C\C/C=C\C/C=C\C/C=C\CCCCC)OC(=O)CCCC/C=C\C/C=C\C/C=C\C/C=C\C/C=C\C/C=C\CC. The van der Waals surface area contributed by atoms with Crippen molar-refractivity contribution < 1.29 is 75.8 Å². The van der Waals surface area contributed by atoms with Crippen LogP contribution in [-0.4, -0.2) is 95.9 Å². The molecule has 0 rings (SSSR count). The van der Waals surface area contributed by atoms with Gasteiger partial charge in [0.15, 0.2) is 6.10 Å². The first kappa shape index (κ1) is 107. The summed E-state index contributed by atoms with van der Waals surface area (Å²) < 4.78 is 61.3. The molecule has 0 fully saturated rings. The molecular weight excluding hydrogens is 1460 g/mol. The third kappa shape index (κ3) is 87.1. The van der Waals surface area contributed by atoms with E-state index < -0.39 is 91.5 Å². The minimum atomic E-state index is -4.96. The maximum atomic E-state index is 13.0. The molecule has 5 unspecified atom stereocenters. The van der Waals surface area contributed by atoms with Gasteiger partial charge in [-0.3, -0.25) is 32.5 Å². The van der Waals surface area contributed by atoms with Crippen LogP contribution in [0.3, 0.4) is 0 Å². The Labute approximate surface area is 687 Å². The zero-order chi connectivity index (χ0) is 82.2. The van der Waals surface area contributed by atoms with Gasteiger partial charge in [-0.05, 0) is 167 Å². The zero-order valence-electron chi connectivity index (χ0n) is 70.5. The lowest BCUT2D eigenvalue weighted by Gasteiger charge is -2.21. The van der Waals surface area contributed by atoms with Crippen molar-refractivity contribution in [3.63, 3.8) is 0 Å². The molecule has 0 amide bonds. The van der Waals surface area contributed by atoms with Gasteiger partial charge in [0.05, 0.1) is 26.4 Å². The third-order valence-corrected chi connectivity index (χ3v) is 19.7. The Balaban J connectivity index is 4.66. The fourth-order valence-corrected chi connectivity index (χ4v) is 12.8. The topological polar surface area (TPSA) is 231 Å². The quantitative estimate of drug-likeness (QED) is 0.0146. The van der Waals surface area contributed by atoms with Gasteiger partial charge >= 0.3 is 33.6 Å². The van der Waals surface area contributed by atoms with E-state index in [1.165, 1.54) is 103 Å². The van der Waals surface area contributed by atoms with Gasteiger partial charge in [0.2, 0.25) is 0 Å². The molecule has 0 saturated carbocycles. The molecular formula is C95H156O16P2. The van der Waals surface area contributed by atoms with Crippen molar-refractivity contribution in [1.29, 1.82) is 0 Å². The van der Waals surface area contributed by atoms with Gasteiger partial charge in [0, 0.05) is 19.3 Å². The van der Waals surface area contributed by atoms with E-state index in [9.17, 15) is 43.5 Å². The first-order chi connectivity index (χ1) is 55.2. The summed E-state index contributed by atoms with van der Waals surface area (Å²) in [6, 6.07) is 0. The van der Waals surface area contributed by atoms with Crippen LogP contribution in [0.2, 0.25) is 0 Å². The normalized spacial score (nSPS) is 14.8. The Morgan fingerprint density at radius 2 is 0.469 bits per heavy atom. The number of aliphatic hydroxyl groups is 2. The van der Waals surface area contributed by atoms with Gasteiger partial charge in [-0.1, -0.05) is 337 Å². The summed E-state index contributed by atoms with van der Waals surface area (Å²) >= 11 is 0. The number of hydrogen-bond donors (Lipinski definition) is 4. The smallest absolute Gasteiger partial charge is 0.463 e. The number of carbonyl (C=O) groups is 3. The monoisotopic (exact) mass is 1620 g/mol. The molecule has 0 aromatic heterocycles. The standard InChI is InChI=1S/C95H156O16P2/c1-4-7-10-13-16-19-22-25-28-31-34-37-39-41-42-43-44-45-46-48-50-52-54-57-60-63-66-69-72-75-78-81-93(98)105-84-90(96)85-107-112(101,102)108-86-91(97)87-109-113(103,104)110-89-92(111-95(100)83-80-77-74-71-68-65-62-59-56-51-36-33-30-27-24-21-18-15-12-9-6-3)88-106-94(99)82-79-76-73-70-67-64-61-58-55-53-49-47-40-38-35-32-29-26-23-20-17-14-11-8-5-2/h7,9-10,12,16-21,25-30,34-38,41-42,44-45,47,49,51,59,62,68,71,90-92,96-97H,4-6,8,11,13-15,22-24,31-33,39-40,43,46,48,50,52-58,60-61,63-67,69-70,72-89H2,1-3H3,(H,101,102)(H,103,104)/b10-7-,12-9-,19-16-,20-17-,21-18-,28-25-,29-26-,30-27-,37-34-,38-35-,42-41-,45-44-,49-47-,51-36-,62-59-,71-68-. The summed E-state index contributed by atoms with van der Waals surface area (Å²) in [7, 11) is -9.83. The Hall–Kier alpha value is -5.61. The van der Waals surface area contributed by atoms with E-state index in [2.05, 4.69) is 215 Å². The number of hydrogen-bond acceptors (Lipinski definition) is 14. The predicted octanol–water partition coefficient (Wildman–Crippen LogP) is 26.7. The van der Waals surface area contributed by atoms with Crippen LogP contribution in [0.25, 0.3) is 0 Å². The van der Waals surface area contributed by atoms with E-state index in [-0.39, 0.29) is 19.3 Å². The second-order valence-electron chi connectivity index (χ2n) is 28.6. The summed E-state index contributed by atoms with van der Waals surface area (Å²) in [6.07, 6.45) is 113. The minimum absolute atomic E-state index is 0.0414. The number of phosphoric ester groups is 2. The number of ether oxygens (including phenoxy) is 3. The van der Waals surface area contributed by atoms with E-state index in [1.807, 2.05) is 0 Å². The van der Waals surface area contributed by atoms with Crippen LogP contribution < -0.4 is 0 Å². The molecule has 0 aliphatic heterocycles. The maximum absolute atomic E-state index is 13.0. The van der Waals surface area contributed by atoms with Crippen molar-refractivity contribution in [3.8, 4) is 0 Å². The van der Waals surface area contributed by atoms with Crippen molar-refractivity contribution in [3.05, 3.63) is 194 Å². The summed E-state index contributed by atoms with van der Waals surface area (Å²) in [5, 5.41) is 20.7. The van der Waals surface area contributed by atoms with Crippen LogP contribution in [-0.2, 0) is 55.8 Å². The molecule has 4 N–H and O–H groups in total. The molecule has 18 heteroatoms. The van der Waals surface area contributed by atoms with Gasteiger partial charge in [0.25, 0.3) is 0 Å². The van der Waals surface area contributed by atoms with Crippen molar-refractivity contribution >= 4 is 33.6 Å². The van der Waals surface area contributed by atoms with E-state index in [0.29, 0.717) is 25.7 Å². The second kappa shape index (κ2) is 85.8. The van der Waals surface area contributed by atoms with E-state index in [4.69, 9.17) is 32.3 Å². The fourth-order valence-electron chi connectivity index (χ4n) is 11.2. The lowest BCUT2D eigenvalue weighted by molar-refractivity contribution is -0.161. The molecule has 0 radical (unpaired) electrons. The van der Waals surface area contributed by atoms with E-state index in [0.717, 1.165) is 161 Å². The average molecular weight is 1620 g/mol. The predicted molar refractivity (Wildman–Crippen MR) is 472 cm³/mol. The van der Waals surface area contributed by atoms with Crippen molar-refractivity contribution in [2.24, 2.45) is 0 Å². The molecule has 0 spiro atoms. The van der Waals surface area contributed by atoms with Gasteiger partial charge in [0.1, 0.15) is 25.4 Å². The molecule has 0 heterocycles. The van der Waals surface area contributed by atoms with Crippen LogP contribution in [0.4, 0.5) is 0 Å². The highest BCUT2D eigenvalue weighted by molar-refractivity contribution is 7.47. The lowest BCUT2D eigenvalue weighted by atomic mass is 10.0. The maximum Gasteiger partial charge on any atom is 0.472 e. The zero-order valence-corrected chi connectivity index (χ0v) is 72.3. The lowest BCUT2D eigenvalue weighted by Crippen LogP contribution is -2.30. The van der Waals surface area contributed by atoms with Crippen LogP contribution in [0.1, 0.15) is 329 Å². The summed E-state index contributed by atoms with van der Waals surface area (Å²) in [6.45, 7) is 2.37. The number of carbonyl (C=O) groups excluding carboxylic acids is 3. The number of esters is 3. The van der Waals surface area contributed by atoms with Crippen LogP contribution >= 0.6 is 15.6 Å². The number of allylic oxidation sites excluding steroid dienone is 32. The van der Waals surface area contributed by atoms with Gasteiger partial charge < -0.3 is 34.2 Å². The number of phosphoric acid groups is 2. The highest BCUT2D eigenvalue weighted by atomic mass is 31.2. The van der Waals surface area contributed by atoms with Crippen molar-refractivity contribution in [2.45, 2.75) is 347 Å². The molecule has 0 aromatic rings. The largest absolute Gasteiger partial charge is 0.472 e. The highest BCUT2D eigenvalue weighted by Gasteiger charge is 2.29. The van der Waals surface area contributed by atoms with Crippen LogP contribution in [0.5, 0.6) is 0 Å². The Bertz CT molecular complexity index is 2830. The first-order valence-electron chi connectivity index (χ1n) is 43.7. The summed E-state index contributed by atoms with van der Waals surface area (Å²) in [4.78, 5) is 58.9. The van der Waals surface area contributed by atoms with Crippen molar-refractivity contribution in [2.75, 3.05) is 39.6 Å². The molecule has 5 atom stereocenters. The Kier molecular flexibility index (Phi) is 81.5. The Morgan fingerprint density at radius 1 is 0.257 bits per heavy atom. The summed E-state index contributed by atoms with van der Waals surface area (Å²) in [5.41, 5.74) is 0. The van der Waals surface area contributed by atoms with Crippen LogP contribution in [0, 0.1) is 0 Å². The number of unbranched alkanes of at least 4 members (excludes halogenated alkanes) is 26. The minimum Gasteiger partial charge on any atom is -0.463 e. The van der Waals surface area contributed by atoms with Gasteiger partial charge in [-0.25, -0.2) is 9.13 Å². The molecule has 16 nitrogen and oxygen atoms in total. The fraction of sp³-hybridized carbons (Fsp3) is 0.632. The molecule has 642 valence electrons. The van der Waals surface area contributed by atoms with Gasteiger partial charge in [-0.15, -0.1) is 0 Å². The van der Waals surface area contributed by atoms with Gasteiger partial charge in [-0.2, -0.15) is 0 Å². The molecule has 0 aliphatic carbocycles. The Morgan fingerprint density at radius 3 is 0.761 bits per heavy atom.